The second-order valence-electron chi connectivity index (χ2n) is 6.74. The number of rotatable bonds is 3. The van der Waals surface area contributed by atoms with Crippen molar-refractivity contribution in [2.45, 2.75) is 19.5 Å². The first-order valence-electron chi connectivity index (χ1n) is 8.56. The van der Waals surface area contributed by atoms with Crippen molar-refractivity contribution in [3.63, 3.8) is 0 Å². The number of likely N-dealkylation sites (N-methyl/N-ethyl adjacent to an activating group) is 1. The molecule has 2 aromatic rings. The summed E-state index contributed by atoms with van der Waals surface area (Å²) in [5.74, 6) is 0.565. The number of halogens is 1. The molecule has 1 heterocycles. The van der Waals surface area contributed by atoms with Crippen molar-refractivity contribution >= 4 is 17.5 Å². The summed E-state index contributed by atoms with van der Waals surface area (Å²) >= 11 is 6.09. The minimum absolute atomic E-state index is 0.0408. The molecule has 1 aliphatic heterocycles. The van der Waals surface area contributed by atoms with E-state index in [-0.39, 0.29) is 17.7 Å². The molecule has 0 fully saturated rings. The van der Waals surface area contributed by atoms with Crippen LogP contribution in [-0.4, -0.2) is 54.1 Å². The number of phenolic OH excluding ortho intramolecular Hbond substituents is 1. The van der Waals surface area contributed by atoms with Crippen molar-refractivity contribution in [1.29, 1.82) is 0 Å². The minimum atomic E-state index is -0.221. The number of hydrogen-bond acceptors (Lipinski definition) is 4. The van der Waals surface area contributed by atoms with E-state index in [9.17, 15) is 9.90 Å². The van der Waals surface area contributed by atoms with Gasteiger partial charge in [-0.25, -0.2) is 0 Å². The second-order valence-corrected chi connectivity index (χ2v) is 7.18. The van der Waals surface area contributed by atoms with Crippen LogP contribution in [0.15, 0.2) is 36.4 Å². The topological polar surface area (TPSA) is 53.0 Å². The van der Waals surface area contributed by atoms with E-state index in [1.54, 1.807) is 17.0 Å². The maximum absolute atomic E-state index is 12.7. The van der Waals surface area contributed by atoms with E-state index in [0.29, 0.717) is 30.5 Å². The standard InChI is InChI=1S/C20H23ClN2O3/c1-13(22(2)3)20(25)23-7-8-26-19-16(12-23)9-15(11-18(19)24)14-5-4-6-17(21)10-14/h4-6,9-11,13,24H,7-8,12H2,1-3H3. The number of aromatic hydroxyl groups is 1. The number of carbonyl (C=O) groups excluding carboxylic acids is 1. The Balaban J connectivity index is 1.96. The molecule has 6 heteroatoms. The molecule has 1 aliphatic rings. The smallest absolute Gasteiger partial charge is 0.240 e. The van der Waals surface area contributed by atoms with E-state index in [1.165, 1.54) is 0 Å². The first kappa shape index (κ1) is 18.5. The van der Waals surface area contributed by atoms with Crippen molar-refractivity contribution in [2.24, 2.45) is 0 Å². The molecule has 5 nitrogen and oxygen atoms in total. The van der Waals surface area contributed by atoms with Gasteiger partial charge in [0.25, 0.3) is 0 Å². The predicted molar refractivity (Wildman–Crippen MR) is 103 cm³/mol. The van der Waals surface area contributed by atoms with Gasteiger partial charge in [0.1, 0.15) is 6.61 Å². The van der Waals surface area contributed by atoms with Crippen molar-refractivity contribution < 1.29 is 14.6 Å². The fourth-order valence-corrected chi connectivity index (χ4v) is 3.20. The zero-order valence-electron chi connectivity index (χ0n) is 15.2. The first-order valence-corrected chi connectivity index (χ1v) is 8.94. The van der Waals surface area contributed by atoms with Crippen molar-refractivity contribution in [3.05, 3.63) is 47.0 Å². The summed E-state index contributed by atoms with van der Waals surface area (Å²) in [5, 5.41) is 11.1. The number of ether oxygens (including phenoxy) is 1. The number of benzene rings is 2. The Kier molecular flexibility index (Phi) is 5.39. The molecule has 0 spiro atoms. The summed E-state index contributed by atoms with van der Waals surface area (Å²) in [6.07, 6.45) is 0. The molecule has 0 bridgehead atoms. The molecule has 1 amide bonds. The van der Waals surface area contributed by atoms with Crippen LogP contribution in [0.5, 0.6) is 11.5 Å². The Hall–Kier alpha value is -2.24. The highest BCUT2D eigenvalue weighted by molar-refractivity contribution is 6.30. The molecule has 1 unspecified atom stereocenters. The monoisotopic (exact) mass is 374 g/mol. The van der Waals surface area contributed by atoms with Crippen molar-refractivity contribution in [3.8, 4) is 22.6 Å². The Morgan fingerprint density at radius 2 is 2.04 bits per heavy atom. The van der Waals surface area contributed by atoms with Crippen LogP contribution in [-0.2, 0) is 11.3 Å². The van der Waals surface area contributed by atoms with E-state index >= 15 is 0 Å². The van der Waals surface area contributed by atoms with Gasteiger partial charge in [-0.05, 0) is 56.4 Å². The lowest BCUT2D eigenvalue weighted by molar-refractivity contribution is -0.136. The SMILES string of the molecule is CC(C(=O)N1CCOc2c(O)cc(-c3cccc(Cl)c3)cc2C1)N(C)C. The first-order chi connectivity index (χ1) is 12.4. The lowest BCUT2D eigenvalue weighted by atomic mass is 10.0. The highest BCUT2D eigenvalue weighted by Gasteiger charge is 2.26. The van der Waals surface area contributed by atoms with E-state index in [0.717, 1.165) is 16.7 Å². The average molecular weight is 375 g/mol. The number of carbonyl (C=O) groups is 1. The molecule has 1 atom stereocenters. The summed E-state index contributed by atoms with van der Waals surface area (Å²) in [5.41, 5.74) is 2.53. The molecule has 0 aromatic heterocycles. The molecule has 0 aliphatic carbocycles. The van der Waals surface area contributed by atoms with Gasteiger partial charge >= 0.3 is 0 Å². The highest BCUT2D eigenvalue weighted by atomic mass is 35.5. The quantitative estimate of drug-likeness (QED) is 0.894. The number of hydrogen-bond donors (Lipinski definition) is 1. The van der Waals surface area contributed by atoms with Gasteiger partial charge in [-0.15, -0.1) is 0 Å². The summed E-state index contributed by atoms with van der Waals surface area (Å²) in [6, 6.07) is 10.9. The van der Waals surface area contributed by atoms with Crippen LogP contribution in [0.1, 0.15) is 12.5 Å². The van der Waals surface area contributed by atoms with Crippen LogP contribution < -0.4 is 4.74 Å². The molecule has 26 heavy (non-hydrogen) atoms. The Morgan fingerprint density at radius 3 is 2.73 bits per heavy atom. The molecular weight excluding hydrogens is 352 g/mol. The van der Waals surface area contributed by atoms with Crippen molar-refractivity contribution in [1.82, 2.24) is 9.80 Å². The molecule has 138 valence electrons. The zero-order valence-corrected chi connectivity index (χ0v) is 16.0. The molecule has 0 saturated heterocycles. The van der Waals surface area contributed by atoms with Gasteiger partial charge in [-0.1, -0.05) is 23.7 Å². The Labute approximate surface area is 158 Å². The highest BCUT2D eigenvalue weighted by Crippen LogP contribution is 2.38. The van der Waals surface area contributed by atoms with E-state index in [1.807, 2.05) is 50.2 Å². The summed E-state index contributed by atoms with van der Waals surface area (Å²) in [7, 11) is 3.77. The van der Waals surface area contributed by atoms with Gasteiger partial charge in [0.2, 0.25) is 5.91 Å². The van der Waals surface area contributed by atoms with Crippen LogP contribution in [0, 0.1) is 0 Å². The van der Waals surface area contributed by atoms with Crippen molar-refractivity contribution in [2.75, 3.05) is 27.2 Å². The van der Waals surface area contributed by atoms with Gasteiger partial charge in [0.05, 0.1) is 12.6 Å². The van der Waals surface area contributed by atoms with Gasteiger partial charge in [-0.3, -0.25) is 9.69 Å². The second kappa shape index (κ2) is 7.56. The maximum Gasteiger partial charge on any atom is 0.240 e. The third kappa shape index (κ3) is 3.79. The fraction of sp³-hybridized carbons (Fsp3) is 0.350. The Bertz CT molecular complexity index is 823. The largest absolute Gasteiger partial charge is 0.504 e. The van der Waals surface area contributed by atoms with Gasteiger partial charge < -0.3 is 14.7 Å². The molecular formula is C20H23ClN2O3. The lowest BCUT2D eigenvalue weighted by Crippen LogP contribution is -2.44. The minimum Gasteiger partial charge on any atom is -0.504 e. The molecule has 2 aromatic carbocycles. The van der Waals surface area contributed by atoms with E-state index in [2.05, 4.69) is 0 Å². The number of nitrogens with zero attached hydrogens (tertiary/aromatic N) is 2. The number of fused-ring (bicyclic) bond motifs is 1. The van der Waals surface area contributed by atoms with Crippen LogP contribution in [0.2, 0.25) is 5.02 Å². The van der Waals surface area contributed by atoms with Gasteiger partial charge in [0.15, 0.2) is 11.5 Å². The molecule has 3 rings (SSSR count). The summed E-state index contributed by atoms with van der Waals surface area (Å²) in [6.45, 7) is 3.11. The van der Waals surface area contributed by atoms with Crippen LogP contribution in [0.4, 0.5) is 0 Å². The normalized spacial score (nSPS) is 15.2. The molecule has 0 radical (unpaired) electrons. The summed E-state index contributed by atoms with van der Waals surface area (Å²) < 4.78 is 5.73. The number of amides is 1. The number of phenols is 1. The van der Waals surface area contributed by atoms with Gasteiger partial charge in [-0.2, -0.15) is 0 Å². The fourth-order valence-electron chi connectivity index (χ4n) is 3.01. The van der Waals surface area contributed by atoms with Crippen LogP contribution >= 0.6 is 11.6 Å². The zero-order chi connectivity index (χ0) is 18.8. The van der Waals surface area contributed by atoms with E-state index in [4.69, 9.17) is 16.3 Å². The maximum atomic E-state index is 12.7. The average Bonchev–Trinajstić information content (AvgIpc) is 2.83. The predicted octanol–water partition coefficient (Wildman–Crippen LogP) is 3.38. The Morgan fingerprint density at radius 1 is 1.27 bits per heavy atom. The van der Waals surface area contributed by atoms with E-state index < -0.39 is 0 Å². The van der Waals surface area contributed by atoms with Crippen LogP contribution in [0.25, 0.3) is 11.1 Å². The lowest BCUT2D eigenvalue weighted by Gasteiger charge is -2.27. The van der Waals surface area contributed by atoms with Crippen LogP contribution in [0.3, 0.4) is 0 Å². The third-order valence-corrected chi connectivity index (χ3v) is 4.95. The third-order valence-electron chi connectivity index (χ3n) is 4.72. The molecule has 0 saturated carbocycles. The van der Waals surface area contributed by atoms with Gasteiger partial charge in [0, 0.05) is 17.1 Å². The summed E-state index contributed by atoms with van der Waals surface area (Å²) in [4.78, 5) is 16.4. The molecule has 1 N–H and O–H groups in total.